The SMILES string of the molecule is CN[C@@H]1[C@H](O[C@H]2[C@H](O[C@H]3[C@H](O)[C@@H](O)[C@H](NC(=N)N)[C@@H](O)[C@@H]3N=C(N)N)O[C@@H](C)[C@]2(O)C=O)O[C@@H](CO)[C@H](O)[C@H]1O.COc1ccc(/C=N/NC(=O)c2ccncc2)c(C(=O)O)c1OC.COc1ccc(/C=N/NC(=O)c2ccncc2)c(C(=O)O)c1OC. The smallest absolute Gasteiger partial charge is 0.340 e. The number of hydrogen-bond acceptors (Lipinski definition) is 27. The molecular formula is C53H69N13O22. The Morgan fingerprint density at radius 3 is 1.56 bits per heavy atom. The number of carboxylic acids is 2. The van der Waals surface area contributed by atoms with Gasteiger partial charge in [0.15, 0.2) is 59.4 Å². The van der Waals surface area contributed by atoms with E-state index in [9.17, 15) is 69.9 Å². The fourth-order valence-corrected chi connectivity index (χ4v) is 9.12. The number of carbonyl (C=O) groups excluding carboxylic acids is 3. The van der Waals surface area contributed by atoms with Crippen LogP contribution in [-0.4, -0.2) is 244 Å². The number of hydrogen-bond donors (Lipinski definition) is 17. The molecule has 4 heterocycles. The van der Waals surface area contributed by atoms with Gasteiger partial charge in [-0.05, 0) is 62.5 Å². The monoisotopic (exact) mass is 1240 g/mol. The van der Waals surface area contributed by atoms with Crippen LogP contribution in [0.25, 0.3) is 0 Å². The standard InChI is InChI=1S/C21H39N7O12.2C16H15N3O5/c1-5-21(36,4-30)16(40-17-9(26-2)13(34)10(31)6(3-29)38-17)18(37-5)39-15-8(28-20(24)25)11(32)7(27-19(22)23)12(33)14(15)35;2*1-23-12-4-3-11(13(16(21)22)14(12)24-2)9-18-19-15(20)10-5-7-17-8-6-10/h4-18,26,29,31-36H,3H2,1-2H3,(H4,22,23,27)(H4,24,25,28);2*3-9H,1-2H3,(H,19,20)(H,21,22)/b;2*18-9+/t5-,6-,7+,8-,9-,10-,11+,12-,13-,14+,15+,16-,17-,18-,21+;;/m0../s1. The lowest BCUT2D eigenvalue weighted by atomic mass is 9.81. The van der Waals surface area contributed by atoms with Crippen molar-refractivity contribution in [1.29, 1.82) is 5.41 Å². The molecule has 35 heteroatoms. The molecule has 478 valence electrons. The number of amides is 2. The minimum Gasteiger partial charge on any atom is -0.493 e. The number of ether oxygens (including phenoxy) is 8. The number of nitrogens with two attached hydrogens (primary N) is 3. The zero-order valence-electron chi connectivity index (χ0n) is 47.8. The molecule has 88 heavy (non-hydrogen) atoms. The lowest BCUT2D eigenvalue weighted by Gasteiger charge is -2.46. The van der Waals surface area contributed by atoms with Gasteiger partial charge in [0.2, 0.25) is 0 Å². The van der Waals surface area contributed by atoms with Crippen LogP contribution in [0.15, 0.2) is 88.5 Å². The van der Waals surface area contributed by atoms with E-state index in [1.165, 1.54) is 116 Å². The third-order valence-electron chi connectivity index (χ3n) is 13.6. The van der Waals surface area contributed by atoms with Gasteiger partial charge in [-0.15, -0.1) is 0 Å². The van der Waals surface area contributed by atoms with Crippen LogP contribution in [0.4, 0.5) is 0 Å². The Balaban J connectivity index is 0.000000254. The fraction of sp³-hybridized carbons (Fsp3) is 0.415. The number of aromatic carboxylic acids is 2. The van der Waals surface area contributed by atoms with Gasteiger partial charge >= 0.3 is 11.9 Å². The molecule has 15 atom stereocenters. The van der Waals surface area contributed by atoms with Gasteiger partial charge in [0, 0.05) is 47.0 Å². The normalized spacial score (nSPS) is 27.2. The highest BCUT2D eigenvalue weighted by Crippen LogP contribution is 2.39. The lowest BCUT2D eigenvalue weighted by molar-refractivity contribution is -0.314. The minimum atomic E-state index is -2.39. The van der Waals surface area contributed by atoms with E-state index in [0.717, 1.165) is 0 Å². The van der Waals surface area contributed by atoms with Crippen LogP contribution in [0.2, 0.25) is 0 Å². The number of aliphatic imine (C=N–C) groups is 1. The van der Waals surface area contributed by atoms with Gasteiger partial charge < -0.3 is 112 Å². The van der Waals surface area contributed by atoms with Crippen molar-refractivity contribution in [2.75, 3.05) is 42.1 Å². The lowest BCUT2D eigenvalue weighted by Crippen LogP contribution is -2.70. The molecule has 0 unspecified atom stereocenters. The second kappa shape index (κ2) is 32.0. The summed E-state index contributed by atoms with van der Waals surface area (Å²) in [4.78, 5) is 70.3. The molecule has 35 nitrogen and oxygen atoms in total. The number of aromatic nitrogens is 2. The van der Waals surface area contributed by atoms with Crippen molar-refractivity contribution < 1.29 is 108 Å². The maximum Gasteiger partial charge on any atom is 0.340 e. The Morgan fingerprint density at radius 1 is 0.682 bits per heavy atom. The Morgan fingerprint density at radius 2 is 1.16 bits per heavy atom. The molecule has 0 spiro atoms. The number of hydrazone groups is 2. The molecule has 0 radical (unpaired) electrons. The largest absolute Gasteiger partial charge is 0.493 e. The van der Waals surface area contributed by atoms with Gasteiger partial charge in [-0.2, -0.15) is 10.2 Å². The number of pyridine rings is 2. The maximum absolute atomic E-state index is 12.1. The van der Waals surface area contributed by atoms with Crippen LogP contribution in [0.1, 0.15) is 59.5 Å². The van der Waals surface area contributed by atoms with E-state index in [0.29, 0.717) is 11.1 Å². The Labute approximate surface area is 500 Å². The summed E-state index contributed by atoms with van der Waals surface area (Å²) in [6.45, 7) is 0.617. The van der Waals surface area contributed by atoms with Crippen molar-refractivity contribution in [3.05, 3.63) is 107 Å². The molecule has 2 aromatic carbocycles. The molecular weight excluding hydrogens is 1170 g/mol. The summed E-state index contributed by atoms with van der Waals surface area (Å²) in [7, 11) is 6.92. The highest BCUT2D eigenvalue weighted by Gasteiger charge is 2.61. The first-order valence-electron chi connectivity index (χ1n) is 26.0. The van der Waals surface area contributed by atoms with Gasteiger partial charge in [-0.3, -0.25) is 29.8 Å². The summed E-state index contributed by atoms with van der Waals surface area (Å²) < 4.78 is 43.3. The molecule has 2 saturated heterocycles. The highest BCUT2D eigenvalue weighted by atomic mass is 16.8. The highest BCUT2D eigenvalue weighted by molar-refractivity contribution is 6.03. The number of nitrogens with one attached hydrogen (secondary N) is 5. The van der Waals surface area contributed by atoms with E-state index < -0.39 is 134 Å². The number of aliphatic hydroxyl groups is 7. The van der Waals surface area contributed by atoms with Gasteiger partial charge in [-0.25, -0.2) is 25.4 Å². The van der Waals surface area contributed by atoms with Gasteiger partial charge in [0.1, 0.15) is 66.0 Å². The summed E-state index contributed by atoms with van der Waals surface area (Å²) in [5, 5.41) is 113. The Hall–Kier alpha value is -9.11. The van der Waals surface area contributed by atoms with Crippen LogP contribution in [0.5, 0.6) is 23.0 Å². The Bertz CT molecular complexity index is 3000. The predicted molar refractivity (Wildman–Crippen MR) is 304 cm³/mol. The van der Waals surface area contributed by atoms with Crippen molar-refractivity contribution in [1.82, 2.24) is 31.5 Å². The first-order chi connectivity index (χ1) is 41.9. The zero-order chi connectivity index (χ0) is 65.2. The molecule has 7 rings (SSSR count). The molecule has 3 fully saturated rings. The number of nitrogens with zero attached hydrogens (tertiary/aromatic N) is 5. The van der Waals surface area contributed by atoms with Crippen LogP contribution < -0.4 is 57.6 Å². The van der Waals surface area contributed by atoms with Crippen molar-refractivity contribution >= 4 is 54.4 Å². The number of carbonyl (C=O) groups is 5. The summed E-state index contributed by atoms with van der Waals surface area (Å²) in [5.74, 6) is -3.71. The number of likely N-dealkylation sites (N-methyl/N-ethyl adjacent to an activating group) is 1. The molecule has 20 N–H and O–H groups in total. The zero-order valence-corrected chi connectivity index (χ0v) is 47.8. The Kier molecular flexibility index (Phi) is 25.4. The number of methoxy groups -OCH3 is 4. The molecule has 2 amide bonds. The second-order valence-electron chi connectivity index (χ2n) is 18.9. The first-order valence-corrected chi connectivity index (χ1v) is 26.0. The fourth-order valence-electron chi connectivity index (χ4n) is 9.12. The minimum absolute atomic E-state index is 0.0782. The van der Waals surface area contributed by atoms with Crippen molar-refractivity contribution in [3.63, 3.8) is 0 Å². The van der Waals surface area contributed by atoms with Crippen molar-refractivity contribution in [3.8, 4) is 23.0 Å². The maximum atomic E-state index is 12.1. The van der Waals surface area contributed by atoms with E-state index in [-0.39, 0.29) is 51.5 Å². The van der Waals surface area contributed by atoms with E-state index >= 15 is 0 Å². The summed E-state index contributed by atoms with van der Waals surface area (Å²) in [5.41, 5.74) is 19.6. The molecule has 0 bridgehead atoms. The molecule has 1 saturated carbocycles. The van der Waals surface area contributed by atoms with E-state index in [1.807, 2.05) is 0 Å². The van der Waals surface area contributed by atoms with Crippen molar-refractivity contribution in [2.24, 2.45) is 32.4 Å². The number of guanidine groups is 2. The number of carboxylic acid groups (broad SMARTS) is 2. The molecule has 1 aliphatic carbocycles. The number of aliphatic hydroxyl groups excluding tert-OH is 6. The van der Waals surface area contributed by atoms with Gasteiger partial charge in [0.25, 0.3) is 11.8 Å². The van der Waals surface area contributed by atoms with E-state index in [1.54, 1.807) is 12.1 Å². The molecule has 2 aromatic heterocycles. The number of aldehydes is 1. The van der Waals surface area contributed by atoms with E-state index in [4.69, 9.17) is 60.5 Å². The predicted octanol–water partition coefficient (Wildman–Crippen LogP) is -4.83. The summed E-state index contributed by atoms with van der Waals surface area (Å²) >= 11 is 0. The molecule has 2 aliphatic heterocycles. The van der Waals surface area contributed by atoms with Crippen LogP contribution in [0, 0.1) is 5.41 Å². The summed E-state index contributed by atoms with van der Waals surface area (Å²) in [6, 6.07) is 8.23. The van der Waals surface area contributed by atoms with Crippen molar-refractivity contribution in [2.45, 2.75) is 98.2 Å². The average molecular weight is 1240 g/mol. The van der Waals surface area contributed by atoms with Crippen LogP contribution in [-0.2, 0) is 23.7 Å². The third-order valence-corrected chi connectivity index (χ3v) is 13.6. The van der Waals surface area contributed by atoms with E-state index in [2.05, 4.69) is 46.6 Å². The van der Waals surface area contributed by atoms with Crippen LogP contribution in [0.3, 0.4) is 0 Å². The second-order valence-corrected chi connectivity index (χ2v) is 18.9. The average Bonchev–Trinajstić information content (AvgIpc) is 1.57. The third kappa shape index (κ3) is 16.5. The number of rotatable bonds is 21. The van der Waals surface area contributed by atoms with Crippen LogP contribution >= 0.6 is 0 Å². The molecule has 3 aliphatic rings. The van der Waals surface area contributed by atoms with Gasteiger partial charge in [-0.1, -0.05) is 0 Å². The summed E-state index contributed by atoms with van der Waals surface area (Å²) in [6.07, 6.45) is -8.92. The van der Waals surface area contributed by atoms with Gasteiger partial charge in [0.05, 0.1) is 65.7 Å². The topological polar surface area (TPSA) is 554 Å². The quantitative estimate of drug-likeness (QED) is 0.0161. The molecule has 4 aromatic rings. The number of benzene rings is 2. The first kappa shape index (κ1) is 69.7.